The molecular formula is C57H45NO. The molecule has 3 aliphatic carbocycles. The van der Waals surface area contributed by atoms with E-state index >= 15 is 0 Å². The summed E-state index contributed by atoms with van der Waals surface area (Å²) in [5, 5.41) is 8.94. The number of fused-ring (bicyclic) bond motifs is 7. The van der Waals surface area contributed by atoms with Gasteiger partial charge in [-0.25, -0.2) is 0 Å². The maximum absolute atomic E-state index is 6.19. The number of furan rings is 1. The van der Waals surface area contributed by atoms with Crippen molar-refractivity contribution in [2.24, 2.45) is 17.8 Å². The summed E-state index contributed by atoms with van der Waals surface area (Å²) < 4.78 is 6.19. The van der Waals surface area contributed by atoms with E-state index in [1.807, 2.05) is 6.07 Å². The fraction of sp³-hybridized carbons (Fsp3) is 0.123. The van der Waals surface area contributed by atoms with Crippen molar-refractivity contribution in [3.8, 4) is 0 Å². The standard InChI is InChI=1S/C57H45NO/c1-37-15-12-27-53(38-16-4-2-5-17-38)58-54(39-18-6-3-7-19-39)36-50(37)43-21-13-20-42(33-43)44-25-14-26-48-45-22-8-9-23-46(45)51-34-40(29-31-49(51)57(44)48)41-30-32-56-52(35-41)47-24-10-11-28-55(47)59-56/h2-11,13-14,16-37,49,54,57-58H,12,15H2,1H3/b50-36+,53-27+/t37-,49?,54?,57?/m1/s1. The van der Waals surface area contributed by atoms with Crippen LogP contribution >= 0.6 is 0 Å². The van der Waals surface area contributed by atoms with Gasteiger partial charge in [0.1, 0.15) is 11.2 Å². The van der Waals surface area contributed by atoms with E-state index in [-0.39, 0.29) is 17.9 Å². The average Bonchev–Trinajstić information content (AvgIpc) is 3.71. The first-order chi connectivity index (χ1) is 29.2. The van der Waals surface area contributed by atoms with Crippen molar-refractivity contribution in [1.29, 1.82) is 0 Å². The minimum atomic E-state index is 0.0203. The Morgan fingerprint density at radius 1 is 0.593 bits per heavy atom. The topological polar surface area (TPSA) is 25.2 Å². The summed E-state index contributed by atoms with van der Waals surface area (Å²) in [5.74, 6) is 0.773. The van der Waals surface area contributed by atoms with Crippen LogP contribution < -0.4 is 15.8 Å². The molecule has 2 nitrogen and oxygen atoms in total. The molecule has 1 aliphatic heterocycles. The van der Waals surface area contributed by atoms with Gasteiger partial charge in [0.25, 0.3) is 0 Å². The zero-order chi connectivity index (χ0) is 39.3. The lowest BCUT2D eigenvalue weighted by molar-refractivity contribution is 0.669. The summed E-state index contributed by atoms with van der Waals surface area (Å²) in [6.45, 7) is 2.40. The molecule has 284 valence electrons. The Bertz CT molecular complexity index is 3090. The van der Waals surface area contributed by atoms with Crippen LogP contribution in [0.5, 0.6) is 0 Å². The van der Waals surface area contributed by atoms with Crippen LogP contribution in [0.4, 0.5) is 0 Å². The van der Waals surface area contributed by atoms with Gasteiger partial charge in [-0.1, -0.05) is 177 Å². The molecule has 2 heterocycles. The van der Waals surface area contributed by atoms with Gasteiger partial charge in [-0.15, -0.1) is 0 Å². The van der Waals surface area contributed by atoms with Crippen molar-refractivity contribution in [1.82, 2.24) is 5.32 Å². The number of benzene rings is 6. The van der Waals surface area contributed by atoms with E-state index in [2.05, 4.69) is 206 Å². The van der Waals surface area contributed by atoms with Crippen LogP contribution in [0.3, 0.4) is 0 Å². The number of rotatable bonds is 5. The maximum Gasteiger partial charge on any atom is 0.135 e. The Kier molecular flexibility index (Phi) is 8.85. The lowest BCUT2D eigenvalue weighted by Crippen LogP contribution is -2.40. The molecule has 0 bridgehead atoms. The van der Waals surface area contributed by atoms with Crippen molar-refractivity contribution in [3.63, 3.8) is 0 Å². The van der Waals surface area contributed by atoms with E-state index in [0.29, 0.717) is 5.92 Å². The lowest BCUT2D eigenvalue weighted by Gasteiger charge is -2.36. The highest BCUT2D eigenvalue weighted by Crippen LogP contribution is 2.47. The van der Waals surface area contributed by atoms with Crippen LogP contribution in [0.15, 0.2) is 205 Å². The Hall–Kier alpha value is -6.90. The van der Waals surface area contributed by atoms with Crippen LogP contribution in [0.2, 0.25) is 0 Å². The van der Waals surface area contributed by atoms with Gasteiger partial charge in [0.05, 0.1) is 6.04 Å². The molecule has 0 spiro atoms. The smallest absolute Gasteiger partial charge is 0.135 e. The summed E-state index contributed by atoms with van der Waals surface area (Å²) in [6.07, 6.45) is 21.2. The SMILES string of the molecule is C[C@@H]1CC/C=C(\c2ccccc2)NC(c2ccccc2)/C=C\1c1cccc(C2=CC=CC3=c4ccccc4=C4C=C(c5ccc6oc7ccccc7c6c5)C=CC4C23)c1. The highest BCUT2D eigenvalue weighted by atomic mass is 16.3. The Balaban J connectivity index is 0.985. The van der Waals surface area contributed by atoms with Crippen LogP contribution in [-0.2, 0) is 0 Å². The molecule has 11 rings (SSSR count). The Labute approximate surface area is 345 Å². The van der Waals surface area contributed by atoms with E-state index in [1.165, 1.54) is 71.8 Å². The van der Waals surface area contributed by atoms with Crippen LogP contribution in [0, 0.1) is 17.8 Å². The Morgan fingerprint density at radius 3 is 2.15 bits per heavy atom. The van der Waals surface area contributed by atoms with Gasteiger partial charge in [0.2, 0.25) is 0 Å². The minimum absolute atomic E-state index is 0.0203. The second kappa shape index (κ2) is 14.8. The summed E-state index contributed by atoms with van der Waals surface area (Å²) in [4.78, 5) is 0. The molecule has 0 amide bonds. The van der Waals surface area contributed by atoms with Crippen LogP contribution in [-0.4, -0.2) is 0 Å². The van der Waals surface area contributed by atoms with Gasteiger partial charge in [-0.05, 0) is 115 Å². The van der Waals surface area contributed by atoms with Crippen LogP contribution in [0.1, 0.15) is 53.6 Å². The molecule has 0 saturated carbocycles. The van der Waals surface area contributed by atoms with Crippen molar-refractivity contribution in [3.05, 3.63) is 239 Å². The highest BCUT2D eigenvalue weighted by molar-refractivity contribution is 6.06. The third kappa shape index (κ3) is 6.37. The molecule has 4 atom stereocenters. The number of hydrogen-bond acceptors (Lipinski definition) is 2. The van der Waals surface area contributed by atoms with Crippen molar-refractivity contribution >= 4 is 55.5 Å². The van der Waals surface area contributed by atoms with Gasteiger partial charge in [0.15, 0.2) is 0 Å². The molecule has 1 N–H and O–H groups in total. The first-order valence-electron chi connectivity index (χ1n) is 21.1. The van der Waals surface area contributed by atoms with E-state index in [4.69, 9.17) is 4.42 Å². The normalized spacial score (nSPS) is 22.9. The molecule has 2 heteroatoms. The zero-order valence-electron chi connectivity index (χ0n) is 33.2. The lowest BCUT2D eigenvalue weighted by atomic mass is 9.67. The molecule has 59 heavy (non-hydrogen) atoms. The van der Waals surface area contributed by atoms with E-state index in [9.17, 15) is 0 Å². The van der Waals surface area contributed by atoms with E-state index < -0.39 is 0 Å². The van der Waals surface area contributed by atoms with Gasteiger partial charge >= 0.3 is 0 Å². The fourth-order valence-electron chi connectivity index (χ4n) is 9.96. The molecular weight excluding hydrogens is 715 g/mol. The molecule has 0 fully saturated rings. The van der Waals surface area contributed by atoms with Crippen molar-refractivity contribution in [2.45, 2.75) is 25.8 Å². The van der Waals surface area contributed by atoms with Gasteiger partial charge < -0.3 is 9.73 Å². The van der Waals surface area contributed by atoms with Crippen molar-refractivity contribution < 1.29 is 4.42 Å². The third-order valence-electron chi connectivity index (χ3n) is 12.9. The second-order valence-corrected chi connectivity index (χ2v) is 16.4. The quantitative estimate of drug-likeness (QED) is 0.189. The number of hydrogen-bond donors (Lipinski definition) is 1. The largest absolute Gasteiger partial charge is 0.456 e. The maximum atomic E-state index is 6.19. The molecule has 6 aromatic carbocycles. The molecule has 0 radical (unpaired) electrons. The van der Waals surface area contributed by atoms with Gasteiger partial charge in [0, 0.05) is 28.3 Å². The van der Waals surface area contributed by atoms with Gasteiger partial charge in [-0.2, -0.15) is 0 Å². The first kappa shape index (κ1) is 35.3. The van der Waals surface area contributed by atoms with E-state index in [0.717, 1.165) is 34.8 Å². The predicted octanol–water partition coefficient (Wildman–Crippen LogP) is 12.6. The van der Waals surface area contributed by atoms with Crippen molar-refractivity contribution in [2.75, 3.05) is 0 Å². The number of nitrogens with one attached hydrogen (secondary N) is 1. The monoisotopic (exact) mass is 759 g/mol. The van der Waals surface area contributed by atoms with Crippen LogP contribution in [0.25, 0.3) is 55.5 Å². The van der Waals surface area contributed by atoms with Gasteiger partial charge in [-0.3, -0.25) is 0 Å². The minimum Gasteiger partial charge on any atom is -0.456 e. The van der Waals surface area contributed by atoms with E-state index in [1.54, 1.807) is 0 Å². The first-order valence-corrected chi connectivity index (χ1v) is 21.1. The summed E-state index contributed by atoms with van der Waals surface area (Å²) >= 11 is 0. The highest BCUT2D eigenvalue weighted by Gasteiger charge is 2.35. The third-order valence-corrected chi connectivity index (χ3v) is 12.9. The zero-order valence-corrected chi connectivity index (χ0v) is 33.2. The summed E-state index contributed by atoms with van der Waals surface area (Å²) in [5.41, 5.74) is 16.1. The number of allylic oxidation sites excluding steroid dienone is 10. The summed E-state index contributed by atoms with van der Waals surface area (Å²) in [7, 11) is 0. The predicted molar refractivity (Wildman–Crippen MR) is 247 cm³/mol. The second-order valence-electron chi connectivity index (χ2n) is 16.4. The molecule has 7 aromatic rings. The molecule has 4 aliphatic rings. The average molecular weight is 760 g/mol. The number of para-hydroxylation sites is 1. The fourth-order valence-corrected chi connectivity index (χ4v) is 9.96. The Morgan fingerprint density at radius 2 is 1.31 bits per heavy atom. The summed E-state index contributed by atoms with van der Waals surface area (Å²) in [6, 6.07) is 55.0. The molecule has 3 unspecified atom stereocenters. The molecule has 0 saturated heterocycles. The molecule has 1 aromatic heterocycles.